The second-order valence-electron chi connectivity index (χ2n) is 9.11. The standard InChI is InChI=1S/C28H39N7O5/c1-20(2)24(19-36)32-28-34-26(33-27(35-28)31-22-9-11-23(38-3)12-10-22)30-14-16-40-18-17-39-15-13-29-25(37)21-7-5-4-6-8-21/h4-12,20,24,36H,13-19H2,1-3H3,(H,29,37)(H3,30,31,32,33,34,35)/t24-/m1/s1. The lowest BCUT2D eigenvalue weighted by Gasteiger charge is -2.20. The second kappa shape index (κ2) is 16.9. The van der Waals surface area contributed by atoms with Crippen molar-refractivity contribution in [3.05, 3.63) is 60.2 Å². The third-order valence-electron chi connectivity index (χ3n) is 5.77. The lowest BCUT2D eigenvalue weighted by Crippen LogP contribution is -2.30. The molecule has 0 radical (unpaired) electrons. The largest absolute Gasteiger partial charge is 0.497 e. The minimum absolute atomic E-state index is 0.0529. The van der Waals surface area contributed by atoms with Crippen molar-refractivity contribution < 1.29 is 24.1 Å². The quantitative estimate of drug-likeness (QED) is 0.148. The molecule has 0 saturated heterocycles. The van der Waals surface area contributed by atoms with Crippen LogP contribution in [0.5, 0.6) is 5.75 Å². The molecule has 1 amide bonds. The maximum Gasteiger partial charge on any atom is 0.251 e. The molecule has 0 aliphatic heterocycles. The average molecular weight is 554 g/mol. The average Bonchev–Trinajstić information content (AvgIpc) is 2.97. The third kappa shape index (κ3) is 10.6. The molecular weight excluding hydrogens is 514 g/mol. The van der Waals surface area contributed by atoms with Crippen LogP contribution in [0.3, 0.4) is 0 Å². The summed E-state index contributed by atoms with van der Waals surface area (Å²) in [6.45, 7) is 6.48. The van der Waals surface area contributed by atoms with Gasteiger partial charge < -0.3 is 40.6 Å². The fourth-order valence-electron chi connectivity index (χ4n) is 3.45. The molecule has 1 heterocycles. The number of anilines is 4. The van der Waals surface area contributed by atoms with Crippen molar-refractivity contribution in [1.29, 1.82) is 0 Å². The third-order valence-corrected chi connectivity index (χ3v) is 5.77. The summed E-state index contributed by atoms with van der Waals surface area (Å²) in [5.74, 6) is 1.85. The zero-order valence-electron chi connectivity index (χ0n) is 23.2. The van der Waals surface area contributed by atoms with Crippen LogP contribution in [0.1, 0.15) is 24.2 Å². The van der Waals surface area contributed by atoms with Gasteiger partial charge in [0.25, 0.3) is 5.91 Å². The molecule has 3 rings (SSSR count). The maximum atomic E-state index is 12.0. The van der Waals surface area contributed by atoms with E-state index in [1.54, 1.807) is 19.2 Å². The van der Waals surface area contributed by atoms with Crippen molar-refractivity contribution in [1.82, 2.24) is 20.3 Å². The molecule has 0 aliphatic carbocycles. The van der Waals surface area contributed by atoms with Crippen molar-refractivity contribution in [2.24, 2.45) is 5.92 Å². The number of carbonyl (C=O) groups is 1. The van der Waals surface area contributed by atoms with E-state index in [2.05, 4.69) is 36.2 Å². The monoisotopic (exact) mass is 553 g/mol. The summed E-state index contributed by atoms with van der Waals surface area (Å²) in [7, 11) is 1.61. The van der Waals surface area contributed by atoms with Gasteiger partial charge in [-0.1, -0.05) is 32.0 Å². The van der Waals surface area contributed by atoms with E-state index in [1.165, 1.54) is 0 Å². The van der Waals surface area contributed by atoms with Gasteiger partial charge in [-0.15, -0.1) is 0 Å². The summed E-state index contributed by atoms with van der Waals surface area (Å²) in [6.07, 6.45) is 0. The lowest BCUT2D eigenvalue weighted by molar-refractivity contribution is 0.0519. The highest BCUT2D eigenvalue weighted by atomic mass is 16.5. The number of aromatic nitrogens is 3. The van der Waals surface area contributed by atoms with Gasteiger partial charge >= 0.3 is 0 Å². The highest BCUT2D eigenvalue weighted by Gasteiger charge is 2.15. The zero-order chi connectivity index (χ0) is 28.6. The van der Waals surface area contributed by atoms with Gasteiger partial charge in [-0.2, -0.15) is 15.0 Å². The van der Waals surface area contributed by atoms with Crippen molar-refractivity contribution in [3.63, 3.8) is 0 Å². The topological polar surface area (TPSA) is 152 Å². The molecular formula is C28H39N7O5. The van der Waals surface area contributed by atoms with Crippen LogP contribution < -0.4 is 26.0 Å². The van der Waals surface area contributed by atoms with Crippen LogP contribution in [0, 0.1) is 5.92 Å². The minimum atomic E-state index is -0.209. The highest BCUT2D eigenvalue weighted by molar-refractivity contribution is 5.94. The van der Waals surface area contributed by atoms with Crippen molar-refractivity contribution in [2.75, 3.05) is 69.2 Å². The first-order valence-electron chi connectivity index (χ1n) is 13.3. The van der Waals surface area contributed by atoms with Crippen LogP contribution in [0.2, 0.25) is 0 Å². The number of ether oxygens (including phenoxy) is 3. The molecule has 0 spiro atoms. The number of aliphatic hydroxyl groups excluding tert-OH is 1. The van der Waals surface area contributed by atoms with Gasteiger partial charge in [-0.25, -0.2) is 0 Å². The van der Waals surface area contributed by atoms with E-state index in [9.17, 15) is 9.90 Å². The molecule has 1 atom stereocenters. The van der Waals surface area contributed by atoms with Gasteiger partial charge in [-0.05, 0) is 42.3 Å². The number of nitrogens with zero attached hydrogens (tertiary/aromatic N) is 3. The van der Waals surface area contributed by atoms with E-state index in [1.807, 2.05) is 56.3 Å². The molecule has 0 saturated carbocycles. The van der Waals surface area contributed by atoms with Gasteiger partial charge in [0.05, 0.1) is 46.2 Å². The number of nitrogens with one attached hydrogen (secondary N) is 4. The summed E-state index contributed by atoms with van der Waals surface area (Å²) in [5.41, 5.74) is 1.41. The molecule has 5 N–H and O–H groups in total. The van der Waals surface area contributed by atoms with Crippen LogP contribution in [0.15, 0.2) is 54.6 Å². The number of aliphatic hydroxyl groups is 1. The molecule has 216 valence electrons. The van der Waals surface area contributed by atoms with Gasteiger partial charge in [0.1, 0.15) is 5.75 Å². The molecule has 40 heavy (non-hydrogen) atoms. The highest BCUT2D eigenvalue weighted by Crippen LogP contribution is 2.20. The SMILES string of the molecule is COc1ccc(Nc2nc(NCCOCCOCCNC(=O)c3ccccc3)nc(N[C@H](CO)C(C)C)n2)cc1. The van der Waals surface area contributed by atoms with E-state index < -0.39 is 0 Å². The number of hydrogen-bond acceptors (Lipinski definition) is 11. The normalized spacial score (nSPS) is 11.6. The van der Waals surface area contributed by atoms with E-state index in [-0.39, 0.29) is 24.5 Å². The molecule has 3 aromatic rings. The van der Waals surface area contributed by atoms with Crippen LogP contribution in [-0.4, -0.2) is 85.2 Å². The van der Waals surface area contributed by atoms with E-state index in [0.717, 1.165) is 11.4 Å². The van der Waals surface area contributed by atoms with Crippen molar-refractivity contribution in [3.8, 4) is 5.75 Å². The Morgan fingerprint density at radius 2 is 1.50 bits per heavy atom. The number of hydrogen-bond donors (Lipinski definition) is 5. The molecule has 1 aromatic heterocycles. The Labute approximate surface area is 234 Å². The Kier molecular flexibility index (Phi) is 12.9. The summed E-state index contributed by atoms with van der Waals surface area (Å²) in [6, 6.07) is 16.2. The fraction of sp³-hybridized carbons (Fsp3) is 0.429. The summed E-state index contributed by atoms with van der Waals surface area (Å²) in [5, 5.41) is 22.0. The molecule has 12 nitrogen and oxygen atoms in total. The Balaban J connectivity index is 1.42. The maximum absolute atomic E-state index is 12.0. The van der Waals surface area contributed by atoms with Crippen LogP contribution in [0.4, 0.5) is 23.5 Å². The van der Waals surface area contributed by atoms with Crippen LogP contribution in [0.25, 0.3) is 0 Å². The van der Waals surface area contributed by atoms with E-state index in [0.29, 0.717) is 62.9 Å². The summed E-state index contributed by atoms with van der Waals surface area (Å²) < 4.78 is 16.3. The minimum Gasteiger partial charge on any atom is -0.497 e. The first kappa shape index (κ1) is 30.5. The summed E-state index contributed by atoms with van der Waals surface area (Å²) in [4.78, 5) is 25.4. The first-order valence-corrected chi connectivity index (χ1v) is 13.3. The predicted octanol–water partition coefficient (Wildman–Crippen LogP) is 2.93. The molecule has 12 heteroatoms. The van der Waals surface area contributed by atoms with E-state index >= 15 is 0 Å². The van der Waals surface area contributed by atoms with Gasteiger partial charge in [-0.3, -0.25) is 4.79 Å². The fourth-order valence-corrected chi connectivity index (χ4v) is 3.45. The van der Waals surface area contributed by atoms with Gasteiger partial charge in [0.15, 0.2) is 0 Å². The molecule has 0 unspecified atom stereocenters. The Bertz CT molecular complexity index is 1150. The number of methoxy groups -OCH3 is 1. The zero-order valence-corrected chi connectivity index (χ0v) is 23.2. The van der Waals surface area contributed by atoms with Crippen LogP contribution >= 0.6 is 0 Å². The molecule has 0 fully saturated rings. The smallest absolute Gasteiger partial charge is 0.251 e. The van der Waals surface area contributed by atoms with Gasteiger partial charge in [0, 0.05) is 24.3 Å². The second-order valence-corrected chi connectivity index (χ2v) is 9.11. The molecule has 0 bridgehead atoms. The Morgan fingerprint density at radius 1 is 0.850 bits per heavy atom. The Morgan fingerprint density at radius 3 is 2.15 bits per heavy atom. The van der Waals surface area contributed by atoms with Crippen molar-refractivity contribution >= 4 is 29.4 Å². The lowest BCUT2D eigenvalue weighted by atomic mass is 10.1. The van der Waals surface area contributed by atoms with Crippen LogP contribution in [-0.2, 0) is 9.47 Å². The van der Waals surface area contributed by atoms with Gasteiger partial charge in [0.2, 0.25) is 17.8 Å². The molecule has 2 aromatic carbocycles. The first-order chi connectivity index (χ1) is 19.5. The number of rotatable bonds is 18. The predicted molar refractivity (Wildman–Crippen MR) is 154 cm³/mol. The summed E-state index contributed by atoms with van der Waals surface area (Å²) >= 11 is 0. The van der Waals surface area contributed by atoms with E-state index in [4.69, 9.17) is 14.2 Å². The number of amides is 1. The molecule has 0 aliphatic rings. The van der Waals surface area contributed by atoms with Crippen molar-refractivity contribution in [2.45, 2.75) is 19.9 Å². The Hall–Kier alpha value is -4.00. The number of benzene rings is 2. The number of carbonyl (C=O) groups excluding carboxylic acids is 1.